The standard InChI is InChI=1S/C25H33N3O2S/c1-16(2)19-9-8-10-20(17(3)4)24(19)28-23(29)11-6-5-7-14-31-25-27-21-15-18(26)12-13-22(21)30-25/h8-10,12-13,15-17H,5-7,11,14,26H2,1-4H3,(H,28,29). The van der Waals surface area contributed by atoms with Gasteiger partial charge in [0.1, 0.15) is 5.52 Å². The van der Waals surface area contributed by atoms with Gasteiger partial charge in [0.15, 0.2) is 5.58 Å². The second-order valence-electron chi connectivity index (χ2n) is 8.54. The van der Waals surface area contributed by atoms with Crippen LogP contribution in [0.2, 0.25) is 0 Å². The van der Waals surface area contributed by atoms with Crippen molar-refractivity contribution in [2.75, 3.05) is 16.8 Å². The van der Waals surface area contributed by atoms with E-state index in [1.54, 1.807) is 11.8 Å². The number of thioether (sulfide) groups is 1. The maximum Gasteiger partial charge on any atom is 0.256 e. The SMILES string of the molecule is CC(C)c1cccc(C(C)C)c1NC(=O)CCCCCSc1nc2cc(N)ccc2o1. The number of oxazole rings is 1. The molecule has 3 N–H and O–H groups in total. The summed E-state index contributed by atoms with van der Waals surface area (Å²) in [4.78, 5) is 17.1. The lowest BCUT2D eigenvalue weighted by Crippen LogP contribution is -2.15. The average molecular weight is 440 g/mol. The Labute approximate surface area is 189 Å². The Balaban J connectivity index is 1.43. The number of nitrogens with two attached hydrogens (primary N) is 1. The predicted molar refractivity (Wildman–Crippen MR) is 131 cm³/mol. The predicted octanol–water partition coefficient (Wildman–Crippen LogP) is 6.95. The van der Waals surface area contributed by atoms with E-state index in [2.05, 4.69) is 56.2 Å². The van der Waals surface area contributed by atoms with Gasteiger partial charge in [-0.25, -0.2) is 4.98 Å². The van der Waals surface area contributed by atoms with E-state index in [0.29, 0.717) is 29.2 Å². The average Bonchev–Trinajstić information content (AvgIpc) is 3.12. The monoisotopic (exact) mass is 439 g/mol. The number of nitrogen functional groups attached to an aromatic ring is 1. The molecule has 1 heterocycles. The lowest BCUT2D eigenvalue weighted by atomic mass is 9.92. The number of carbonyl (C=O) groups excluding carboxylic acids is 1. The van der Waals surface area contributed by atoms with Gasteiger partial charge >= 0.3 is 0 Å². The fourth-order valence-corrected chi connectivity index (χ4v) is 4.44. The number of nitrogens with zero attached hydrogens (tertiary/aromatic N) is 1. The van der Waals surface area contributed by atoms with E-state index in [1.165, 1.54) is 11.1 Å². The van der Waals surface area contributed by atoms with Gasteiger partial charge in [-0.15, -0.1) is 0 Å². The minimum atomic E-state index is 0.0965. The highest BCUT2D eigenvalue weighted by atomic mass is 32.2. The van der Waals surface area contributed by atoms with Crippen LogP contribution in [-0.2, 0) is 4.79 Å². The largest absolute Gasteiger partial charge is 0.431 e. The van der Waals surface area contributed by atoms with Crippen LogP contribution in [0.25, 0.3) is 11.1 Å². The molecule has 1 amide bonds. The van der Waals surface area contributed by atoms with Crippen molar-refractivity contribution in [2.45, 2.75) is 70.4 Å². The molecule has 0 spiro atoms. The highest BCUT2D eigenvalue weighted by molar-refractivity contribution is 7.99. The summed E-state index contributed by atoms with van der Waals surface area (Å²) in [5.74, 6) is 1.75. The summed E-state index contributed by atoms with van der Waals surface area (Å²) < 4.78 is 5.73. The van der Waals surface area contributed by atoms with Crippen molar-refractivity contribution < 1.29 is 9.21 Å². The zero-order valence-electron chi connectivity index (χ0n) is 18.9. The fourth-order valence-electron chi connectivity index (χ4n) is 3.61. The van der Waals surface area contributed by atoms with Crippen molar-refractivity contribution >= 4 is 40.1 Å². The number of rotatable bonds is 10. The van der Waals surface area contributed by atoms with Gasteiger partial charge in [0.05, 0.1) is 0 Å². The smallest absolute Gasteiger partial charge is 0.256 e. The maximum absolute atomic E-state index is 12.6. The summed E-state index contributed by atoms with van der Waals surface area (Å²) >= 11 is 1.60. The van der Waals surface area contributed by atoms with Gasteiger partial charge in [0.25, 0.3) is 5.22 Å². The third kappa shape index (κ3) is 6.26. The van der Waals surface area contributed by atoms with E-state index in [9.17, 15) is 4.79 Å². The molecule has 0 unspecified atom stereocenters. The Morgan fingerprint density at radius 3 is 2.45 bits per heavy atom. The number of hydrogen-bond donors (Lipinski definition) is 2. The van der Waals surface area contributed by atoms with Crippen molar-refractivity contribution in [1.82, 2.24) is 4.98 Å². The summed E-state index contributed by atoms with van der Waals surface area (Å²) in [6, 6.07) is 11.8. The molecule has 0 atom stereocenters. The Bertz CT molecular complexity index is 1000. The number of benzene rings is 2. The summed E-state index contributed by atoms with van der Waals surface area (Å²) in [5, 5.41) is 3.87. The van der Waals surface area contributed by atoms with E-state index >= 15 is 0 Å². The molecule has 3 aromatic rings. The Morgan fingerprint density at radius 1 is 1.06 bits per heavy atom. The number of carbonyl (C=O) groups is 1. The number of nitrogens with one attached hydrogen (secondary N) is 1. The molecule has 0 aliphatic rings. The van der Waals surface area contributed by atoms with Crippen molar-refractivity contribution in [3.8, 4) is 0 Å². The lowest BCUT2D eigenvalue weighted by molar-refractivity contribution is -0.116. The summed E-state index contributed by atoms with van der Waals surface area (Å²) in [6.45, 7) is 8.66. The van der Waals surface area contributed by atoms with Gasteiger partial charge in [0.2, 0.25) is 5.91 Å². The van der Waals surface area contributed by atoms with Crippen LogP contribution in [-0.4, -0.2) is 16.6 Å². The molecule has 6 heteroatoms. The van der Waals surface area contributed by atoms with E-state index in [-0.39, 0.29) is 5.91 Å². The molecule has 0 saturated carbocycles. The summed E-state index contributed by atoms with van der Waals surface area (Å²) in [7, 11) is 0. The van der Waals surface area contributed by atoms with Gasteiger partial charge in [-0.05, 0) is 54.0 Å². The van der Waals surface area contributed by atoms with Gasteiger partial charge in [-0.2, -0.15) is 0 Å². The van der Waals surface area contributed by atoms with E-state index in [4.69, 9.17) is 10.2 Å². The number of hydrogen-bond acceptors (Lipinski definition) is 5. The van der Waals surface area contributed by atoms with Crippen LogP contribution in [0, 0.1) is 0 Å². The molecule has 0 saturated heterocycles. The minimum Gasteiger partial charge on any atom is -0.431 e. The molecule has 3 rings (SSSR count). The zero-order valence-corrected chi connectivity index (χ0v) is 19.7. The first-order chi connectivity index (χ1) is 14.8. The van der Waals surface area contributed by atoms with Crippen LogP contribution >= 0.6 is 11.8 Å². The minimum absolute atomic E-state index is 0.0965. The first kappa shape index (κ1) is 23.2. The molecule has 0 bridgehead atoms. The molecule has 2 aromatic carbocycles. The number of aromatic nitrogens is 1. The lowest BCUT2D eigenvalue weighted by Gasteiger charge is -2.20. The van der Waals surface area contributed by atoms with Crippen molar-refractivity contribution in [2.24, 2.45) is 0 Å². The van der Waals surface area contributed by atoms with Gasteiger partial charge in [-0.1, -0.05) is 64.1 Å². The normalized spacial score (nSPS) is 11.5. The second kappa shape index (κ2) is 10.7. The quantitative estimate of drug-likeness (QED) is 0.203. The van der Waals surface area contributed by atoms with E-state index in [1.807, 2.05) is 18.2 Å². The highest BCUT2D eigenvalue weighted by Gasteiger charge is 2.15. The Morgan fingerprint density at radius 2 is 1.77 bits per heavy atom. The van der Waals surface area contributed by atoms with Crippen LogP contribution in [0.3, 0.4) is 0 Å². The third-order valence-corrected chi connectivity index (χ3v) is 6.22. The molecule has 0 aliphatic heterocycles. The molecule has 0 radical (unpaired) electrons. The van der Waals surface area contributed by atoms with Gasteiger partial charge in [-0.3, -0.25) is 4.79 Å². The van der Waals surface area contributed by atoms with Crippen LogP contribution in [0.15, 0.2) is 46.0 Å². The van der Waals surface area contributed by atoms with Crippen molar-refractivity contribution in [3.05, 3.63) is 47.5 Å². The number of para-hydroxylation sites is 1. The van der Waals surface area contributed by atoms with Crippen LogP contribution in [0.1, 0.15) is 76.3 Å². The van der Waals surface area contributed by atoms with Gasteiger partial charge in [0, 0.05) is 23.5 Å². The molecule has 5 nitrogen and oxygen atoms in total. The molecule has 166 valence electrons. The first-order valence-electron chi connectivity index (χ1n) is 11.1. The third-order valence-electron chi connectivity index (χ3n) is 5.30. The van der Waals surface area contributed by atoms with Crippen molar-refractivity contribution in [3.63, 3.8) is 0 Å². The Hall–Kier alpha value is -2.47. The molecule has 1 aromatic heterocycles. The fraction of sp³-hybridized carbons (Fsp3) is 0.440. The number of fused-ring (bicyclic) bond motifs is 1. The number of amides is 1. The topological polar surface area (TPSA) is 81.2 Å². The first-order valence-corrected chi connectivity index (χ1v) is 12.0. The summed E-state index contributed by atoms with van der Waals surface area (Å²) in [5.41, 5.74) is 11.4. The molecule has 0 fully saturated rings. The summed E-state index contributed by atoms with van der Waals surface area (Å²) in [6.07, 6.45) is 3.42. The Kier molecular flexibility index (Phi) is 8.02. The number of unbranched alkanes of at least 4 members (excludes halogenated alkanes) is 2. The van der Waals surface area contributed by atoms with E-state index < -0.39 is 0 Å². The molecule has 0 aliphatic carbocycles. The molecule has 31 heavy (non-hydrogen) atoms. The molecular weight excluding hydrogens is 406 g/mol. The zero-order chi connectivity index (χ0) is 22.4. The van der Waals surface area contributed by atoms with E-state index in [0.717, 1.165) is 41.8 Å². The number of anilines is 2. The van der Waals surface area contributed by atoms with Gasteiger partial charge < -0.3 is 15.5 Å². The molecular formula is C25H33N3O2S. The highest BCUT2D eigenvalue weighted by Crippen LogP contribution is 2.32. The maximum atomic E-state index is 12.6. The van der Waals surface area contributed by atoms with Crippen LogP contribution in [0.5, 0.6) is 0 Å². The van der Waals surface area contributed by atoms with Crippen LogP contribution < -0.4 is 11.1 Å². The van der Waals surface area contributed by atoms with Crippen molar-refractivity contribution in [1.29, 1.82) is 0 Å². The van der Waals surface area contributed by atoms with Crippen LogP contribution in [0.4, 0.5) is 11.4 Å². The second-order valence-corrected chi connectivity index (χ2v) is 9.58.